The molecule has 0 unspecified atom stereocenters. The number of hydrogen-bond donors (Lipinski definition) is 1. The number of nitrogens with zero attached hydrogens (tertiary/aromatic N) is 5. The lowest BCUT2D eigenvalue weighted by Gasteiger charge is -2.34. The maximum Gasteiger partial charge on any atom is 0.460 e. The molecule has 0 aliphatic carbocycles. The van der Waals surface area contributed by atoms with E-state index in [4.69, 9.17) is 39.9 Å². The van der Waals surface area contributed by atoms with Crippen LogP contribution in [0.25, 0.3) is 0 Å². The number of hydrogen-bond acceptors (Lipinski definition) is 19. The van der Waals surface area contributed by atoms with Crippen molar-refractivity contribution in [2.75, 3.05) is 100 Å². The van der Waals surface area contributed by atoms with Gasteiger partial charge in [-0.1, -0.05) is 20.8 Å². The molecule has 66 heteroatoms. The Bertz CT molecular complexity index is 3970. The van der Waals surface area contributed by atoms with Crippen LogP contribution < -0.4 is 0 Å². The third-order valence-corrected chi connectivity index (χ3v) is 22.6. The van der Waals surface area contributed by atoms with E-state index in [1.807, 2.05) is 0 Å². The lowest BCUT2D eigenvalue weighted by Crippen LogP contribution is -2.65. The first-order valence-corrected chi connectivity index (χ1v) is 36.3. The van der Waals surface area contributed by atoms with E-state index in [9.17, 15) is 220 Å². The zero-order chi connectivity index (χ0) is 95.0. The van der Waals surface area contributed by atoms with Crippen LogP contribution in [0.3, 0.4) is 0 Å². The van der Waals surface area contributed by atoms with Crippen molar-refractivity contribution in [1.82, 2.24) is 22.1 Å². The third kappa shape index (κ3) is 23.2. The Morgan fingerprint density at radius 2 is 0.449 bits per heavy atom. The van der Waals surface area contributed by atoms with Crippen molar-refractivity contribution >= 4 is 109 Å². The Hall–Kier alpha value is -6.23. The monoisotopic (exact) mass is 1950 g/mol. The summed E-state index contributed by atoms with van der Waals surface area (Å²) in [6.07, 6.45) is -29.7. The second-order valence-electron chi connectivity index (χ2n) is 22.1. The van der Waals surface area contributed by atoms with Crippen LogP contribution in [-0.4, -0.2) is 288 Å². The normalized spacial score (nSPS) is 14.3. The minimum absolute atomic E-state index is 0.00725. The summed E-state index contributed by atoms with van der Waals surface area (Å²) in [5.74, 6) is -67.8. The summed E-state index contributed by atoms with van der Waals surface area (Å²) in [6, 6.07) is 3.70. The Kier molecular flexibility index (Phi) is 37.7. The molecule has 1 N–H and O–H groups in total. The third-order valence-electron chi connectivity index (χ3n) is 14.3. The van der Waals surface area contributed by atoms with Gasteiger partial charge in [-0.05, 0) is 90.8 Å². The minimum Gasteiger partial charge on any atom is -0.461 e. The molecule has 0 radical (unpaired) electrons. The standard InChI is InChI=1S/C30H24F27N3O12S3.C9H3Cl3O3.C7H8F9NO3S.C6H15N/c1-58(73(64,65)28(52,53)22(37,38)19(31,32)25(43,44)45)4-7-70-16(61)13-10-14(17(62)71-8-5-59(2)74(66,67)29(54,55)23(39,40)20(33,34)26(46,47)48)12-15(11-13)18(63)72-9-6-60(3)75(68,69)30(56,57)24(41,42)21(35,36)27(49,50)51;10-7(13)4-1-5(8(11)14)3-6(2-4)9(12)15;1-17(2-3-18)21(19,20)7(15,16)5(10,11)4(8,9)6(12,13)14;1-4-7(5-2)6-3/h10-12H,4-9H2,1-3H3;1-3H;18H,2-3H2,1H3;4-6H2,1-3H3. The number of alkyl halides is 36. The van der Waals surface area contributed by atoms with Gasteiger partial charge in [-0.25, -0.2) is 48.1 Å². The van der Waals surface area contributed by atoms with Gasteiger partial charge < -0.3 is 24.2 Å². The molecular weight excluding hydrogens is 1900 g/mol. The van der Waals surface area contributed by atoms with Crippen molar-refractivity contribution in [2.24, 2.45) is 0 Å². The van der Waals surface area contributed by atoms with Gasteiger partial charge in [0, 0.05) is 71.1 Å². The van der Waals surface area contributed by atoms with Crippen LogP contribution in [0.2, 0.25) is 0 Å². The second-order valence-corrected chi connectivity index (χ2v) is 31.5. The number of ether oxygens (including phenoxy) is 3. The maximum atomic E-state index is 14.2. The van der Waals surface area contributed by atoms with E-state index in [-0.39, 0.29) is 63.1 Å². The number of benzene rings is 2. The van der Waals surface area contributed by atoms with Crippen LogP contribution in [0.15, 0.2) is 36.4 Å². The van der Waals surface area contributed by atoms with Crippen LogP contribution in [-0.2, 0) is 54.3 Å². The first kappa shape index (κ1) is 114. The summed E-state index contributed by atoms with van der Waals surface area (Å²) >= 11 is 15.6. The quantitative estimate of drug-likeness (QED) is 0.0287. The largest absolute Gasteiger partial charge is 0.461 e. The second kappa shape index (κ2) is 39.1. The molecule has 2 aromatic carbocycles. The van der Waals surface area contributed by atoms with Gasteiger partial charge in [0.2, 0.25) is 0 Å². The molecule has 0 aliphatic heterocycles. The summed E-state index contributed by atoms with van der Waals surface area (Å²) in [6.45, 7) is -3.55. The molecule has 0 bridgehead atoms. The SMILES string of the molecule is CCN(CC)CC.CN(CCO)S(=O)(=O)C(F)(F)C(F)(F)C(F)(F)C(F)(F)F.CN(CCOC(=O)c1cc(C(=O)OCCN(C)S(=O)(=O)C(F)(F)C(F)(F)C(F)(F)C(F)(F)F)cc(C(=O)OCCN(C)S(=O)(=O)C(F)(F)C(F)(F)C(F)(F)C(F)(F)F)c1)S(=O)(=O)C(F)(F)C(F)(F)C(F)(F)C(F)(F)F.O=C(Cl)c1cc(C(=O)Cl)cc(C(=O)Cl)c1. The molecule has 0 atom stereocenters. The number of aliphatic hydroxyl groups is 1. The van der Waals surface area contributed by atoms with Gasteiger partial charge in [0.1, 0.15) is 19.8 Å². The first-order chi connectivity index (χ1) is 52.0. The van der Waals surface area contributed by atoms with E-state index in [2.05, 4.69) is 39.9 Å². The fourth-order valence-corrected chi connectivity index (χ4v) is 12.1. The van der Waals surface area contributed by atoms with Gasteiger partial charge in [0.15, 0.2) is 0 Å². The van der Waals surface area contributed by atoms with Crippen molar-refractivity contribution in [3.05, 3.63) is 69.8 Å². The van der Waals surface area contributed by atoms with Gasteiger partial charge in [0.25, 0.3) is 55.8 Å². The molecule has 0 saturated heterocycles. The van der Waals surface area contributed by atoms with Crippen molar-refractivity contribution in [2.45, 2.75) is 114 Å². The highest BCUT2D eigenvalue weighted by molar-refractivity contribution is 7.91. The first-order valence-electron chi connectivity index (χ1n) is 29.4. The number of esters is 3. The smallest absolute Gasteiger partial charge is 0.460 e. The zero-order valence-corrected chi connectivity index (χ0v) is 63.8. The molecule has 2 rings (SSSR count). The molecule has 0 aliphatic rings. The number of likely N-dealkylation sites (N-methyl/N-ethyl adjacent to an activating group) is 4. The molecular formula is C52H50Cl3F36N5O18S4. The molecule has 0 aromatic heterocycles. The Balaban J connectivity index is 0. The number of carbonyl (C=O) groups excluding carboxylic acids is 6. The van der Waals surface area contributed by atoms with Crippen LogP contribution in [0.5, 0.6) is 0 Å². The van der Waals surface area contributed by atoms with Crippen LogP contribution in [0, 0.1) is 0 Å². The van der Waals surface area contributed by atoms with E-state index in [1.54, 1.807) is 0 Å². The number of carbonyl (C=O) groups is 6. The molecule has 2 aromatic rings. The van der Waals surface area contributed by atoms with E-state index < -0.39 is 253 Å². The Labute approximate surface area is 652 Å². The number of rotatable bonds is 36. The predicted octanol–water partition coefficient (Wildman–Crippen LogP) is 13.1. The lowest BCUT2D eigenvalue weighted by molar-refractivity contribution is -0.382. The Morgan fingerprint density at radius 3 is 0.576 bits per heavy atom. The fourth-order valence-electron chi connectivity index (χ4n) is 7.17. The molecule has 0 spiro atoms. The predicted molar refractivity (Wildman–Crippen MR) is 325 cm³/mol. The highest BCUT2D eigenvalue weighted by Gasteiger charge is 2.89. The zero-order valence-electron chi connectivity index (χ0n) is 58.2. The van der Waals surface area contributed by atoms with Crippen molar-refractivity contribution in [3.8, 4) is 0 Å². The number of sulfonamides is 4. The molecule has 688 valence electrons. The van der Waals surface area contributed by atoms with Crippen LogP contribution >= 0.6 is 34.8 Å². The van der Waals surface area contributed by atoms with Gasteiger partial charge in [0.05, 0.1) is 23.3 Å². The van der Waals surface area contributed by atoms with Crippen molar-refractivity contribution in [1.29, 1.82) is 0 Å². The average Bonchev–Trinajstić information content (AvgIpc) is 0.736. The molecule has 0 fully saturated rings. The molecule has 0 saturated carbocycles. The van der Waals surface area contributed by atoms with Crippen molar-refractivity contribution < 1.29 is 240 Å². The fraction of sp³-hybridized carbons (Fsp3) is 0.654. The van der Waals surface area contributed by atoms with Gasteiger partial charge in [-0.2, -0.15) is 175 Å². The lowest BCUT2D eigenvalue weighted by atomic mass is 10.1. The van der Waals surface area contributed by atoms with Crippen LogP contribution in [0.4, 0.5) is 158 Å². The van der Waals surface area contributed by atoms with Crippen molar-refractivity contribution in [3.63, 3.8) is 0 Å². The summed E-state index contributed by atoms with van der Waals surface area (Å²) in [5, 5.41) is -22.9. The van der Waals surface area contributed by atoms with E-state index >= 15 is 0 Å². The minimum atomic E-state index is -7.79. The number of aliphatic hydroxyl groups excluding tert-OH is 1. The maximum absolute atomic E-state index is 14.2. The molecule has 118 heavy (non-hydrogen) atoms. The molecule has 0 heterocycles. The Morgan fingerprint density at radius 1 is 0.297 bits per heavy atom. The summed E-state index contributed by atoms with van der Waals surface area (Å²) in [5.41, 5.74) is -4.35. The van der Waals surface area contributed by atoms with E-state index in [1.165, 1.54) is 37.8 Å². The average molecular weight is 1950 g/mol. The summed E-state index contributed by atoms with van der Waals surface area (Å²) in [7, 11) is -29.2. The van der Waals surface area contributed by atoms with Gasteiger partial charge in [-0.3, -0.25) is 14.4 Å². The molecule has 23 nitrogen and oxygen atoms in total. The molecule has 0 amide bonds. The summed E-state index contributed by atoms with van der Waals surface area (Å²) < 4.78 is 576. The number of halogens is 39. The highest BCUT2D eigenvalue weighted by atomic mass is 35.5. The van der Waals surface area contributed by atoms with E-state index in [0.717, 1.165) is 0 Å². The summed E-state index contributed by atoms with van der Waals surface area (Å²) in [4.78, 5) is 73.4. The topological polar surface area (TPSA) is 303 Å². The highest BCUT2D eigenvalue weighted by Crippen LogP contribution is 2.59. The van der Waals surface area contributed by atoms with Crippen LogP contribution in [0.1, 0.15) is 82.9 Å². The van der Waals surface area contributed by atoms with Gasteiger partial charge >= 0.3 is 111 Å². The van der Waals surface area contributed by atoms with Gasteiger partial charge in [-0.15, -0.1) is 0 Å². The van der Waals surface area contributed by atoms with E-state index in [0.29, 0.717) is 0 Å².